The molecule has 5 heteroatoms. The van der Waals surface area contributed by atoms with Gasteiger partial charge in [-0.2, -0.15) is 5.10 Å². The quantitative estimate of drug-likeness (QED) is 0.204. The Kier molecular flexibility index (Phi) is 6.65. The van der Waals surface area contributed by atoms with Crippen LogP contribution in [-0.4, -0.2) is 35.3 Å². The molecule has 0 aliphatic carbocycles. The van der Waals surface area contributed by atoms with E-state index in [4.69, 9.17) is 5.10 Å². The Hall–Kier alpha value is -5.00. The molecule has 3 heterocycles. The topological polar surface area (TPSA) is 50.2 Å². The summed E-state index contributed by atoms with van der Waals surface area (Å²) in [6.07, 6.45) is 1.80. The number of fused-ring (bicyclic) bond motifs is 1. The van der Waals surface area contributed by atoms with Crippen molar-refractivity contribution in [1.29, 1.82) is 0 Å². The van der Waals surface area contributed by atoms with Gasteiger partial charge in [0.25, 0.3) is 0 Å². The van der Waals surface area contributed by atoms with E-state index < -0.39 is 5.54 Å². The fourth-order valence-electron chi connectivity index (χ4n) is 7.57. The average Bonchev–Trinajstić information content (AvgIpc) is 3.82. The van der Waals surface area contributed by atoms with Gasteiger partial charge in [0.2, 0.25) is 5.91 Å². The number of carbonyl (C=O) groups excluding carboxylic acids is 1. The van der Waals surface area contributed by atoms with Gasteiger partial charge in [-0.3, -0.25) is 4.79 Å². The largest absolute Gasteiger partial charge is 0.316 e. The molecule has 0 saturated carbocycles. The fraction of sp³-hybridized carbons (Fsp3) is 0.200. The highest BCUT2D eigenvalue weighted by atomic mass is 16.2. The van der Waals surface area contributed by atoms with Crippen molar-refractivity contribution >= 4 is 22.5 Å². The van der Waals surface area contributed by atoms with Gasteiger partial charge in [-0.1, -0.05) is 121 Å². The number of hydrogen-bond donors (Lipinski definition) is 1. The molecule has 5 nitrogen and oxygen atoms in total. The number of aryl methyl sites for hydroxylation is 1. The number of aromatic nitrogens is 2. The van der Waals surface area contributed by atoms with E-state index in [0.717, 1.165) is 77.0 Å². The van der Waals surface area contributed by atoms with Crippen LogP contribution in [0.15, 0.2) is 133 Å². The first kappa shape index (κ1) is 27.5. The van der Waals surface area contributed by atoms with E-state index in [1.54, 1.807) is 0 Å². The van der Waals surface area contributed by atoms with Crippen LogP contribution in [0.3, 0.4) is 0 Å². The zero-order valence-corrected chi connectivity index (χ0v) is 25.5. The van der Waals surface area contributed by atoms with Crippen molar-refractivity contribution in [2.24, 2.45) is 5.41 Å². The maximum Gasteiger partial charge on any atom is 0.234 e. The second-order valence-electron chi connectivity index (χ2n) is 12.6. The minimum absolute atomic E-state index is 0.239. The number of nitrogens with one attached hydrogen (secondary N) is 1. The van der Waals surface area contributed by atoms with Gasteiger partial charge in [0.15, 0.2) is 0 Å². The maximum absolute atomic E-state index is 13.8. The van der Waals surface area contributed by atoms with E-state index in [-0.39, 0.29) is 11.3 Å². The summed E-state index contributed by atoms with van der Waals surface area (Å²) in [6, 6.07) is 47.1. The zero-order chi connectivity index (χ0) is 30.4. The molecule has 0 radical (unpaired) electrons. The minimum Gasteiger partial charge on any atom is -0.316 e. The Labute approximate surface area is 264 Å². The van der Waals surface area contributed by atoms with E-state index in [9.17, 15) is 4.79 Å². The molecule has 2 aliphatic heterocycles. The third-order valence-electron chi connectivity index (χ3n) is 9.95. The van der Waals surface area contributed by atoms with Crippen molar-refractivity contribution in [2.45, 2.75) is 25.3 Å². The number of anilines is 1. The Bertz CT molecular complexity index is 1880. The Balaban J connectivity index is 1.42. The molecule has 1 amide bonds. The molecule has 2 aliphatic rings. The highest BCUT2D eigenvalue weighted by molar-refractivity contribution is 6.03. The zero-order valence-electron chi connectivity index (χ0n) is 25.5. The van der Waals surface area contributed by atoms with Crippen molar-refractivity contribution < 1.29 is 4.79 Å². The molecule has 8 rings (SSSR count). The Morgan fingerprint density at radius 3 is 1.89 bits per heavy atom. The lowest BCUT2D eigenvalue weighted by molar-refractivity contribution is -0.124. The third kappa shape index (κ3) is 4.33. The number of rotatable bonds is 6. The van der Waals surface area contributed by atoms with Crippen LogP contribution >= 0.6 is 0 Å². The Morgan fingerprint density at radius 2 is 1.33 bits per heavy atom. The summed E-state index contributed by atoms with van der Waals surface area (Å²) in [4.78, 5) is 15.8. The van der Waals surface area contributed by atoms with Crippen molar-refractivity contribution in [1.82, 2.24) is 15.1 Å². The molecule has 1 atom stereocenters. The van der Waals surface area contributed by atoms with Crippen molar-refractivity contribution in [2.75, 3.05) is 24.5 Å². The number of hydrogen-bond acceptors (Lipinski definition) is 3. The SMILES string of the molecule is Cc1ccc(-c2nn(C(c3ccccc3)(c3ccccc3)c3ccccc3)c3ccc(N4CC[C@]5(CCNC5)C4=O)cc23)cc1. The number of nitrogens with zero attached hydrogens (tertiary/aromatic N) is 3. The van der Waals surface area contributed by atoms with Gasteiger partial charge >= 0.3 is 0 Å². The van der Waals surface area contributed by atoms with Gasteiger partial charge in [0.05, 0.1) is 10.9 Å². The summed E-state index contributed by atoms with van der Waals surface area (Å²) in [6.45, 7) is 4.52. The highest BCUT2D eigenvalue weighted by Crippen LogP contribution is 2.45. The first-order chi connectivity index (χ1) is 22.1. The van der Waals surface area contributed by atoms with Gasteiger partial charge in [-0.25, -0.2) is 4.68 Å². The number of benzene rings is 5. The summed E-state index contributed by atoms with van der Waals surface area (Å²) >= 11 is 0. The van der Waals surface area contributed by atoms with Crippen LogP contribution in [0.4, 0.5) is 5.69 Å². The lowest BCUT2D eigenvalue weighted by atomic mass is 9.77. The summed E-state index contributed by atoms with van der Waals surface area (Å²) < 4.78 is 2.22. The van der Waals surface area contributed by atoms with E-state index in [2.05, 4.69) is 150 Å². The maximum atomic E-state index is 13.8. The predicted molar refractivity (Wildman–Crippen MR) is 181 cm³/mol. The molecule has 1 N–H and O–H groups in total. The van der Waals surface area contributed by atoms with E-state index in [1.807, 2.05) is 4.90 Å². The van der Waals surface area contributed by atoms with Gasteiger partial charge in [-0.05, 0) is 61.2 Å². The second-order valence-corrected chi connectivity index (χ2v) is 12.6. The fourth-order valence-corrected chi connectivity index (χ4v) is 7.57. The summed E-state index contributed by atoms with van der Waals surface area (Å²) in [7, 11) is 0. The molecule has 0 bridgehead atoms. The monoisotopic (exact) mass is 588 g/mol. The van der Waals surface area contributed by atoms with Crippen molar-refractivity contribution in [3.63, 3.8) is 0 Å². The first-order valence-electron chi connectivity index (χ1n) is 15.9. The van der Waals surface area contributed by atoms with Crippen LogP contribution in [0.2, 0.25) is 0 Å². The van der Waals surface area contributed by atoms with Crippen LogP contribution in [0.25, 0.3) is 22.2 Å². The molecule has 1 aromatic heterocycles. The summed E-state index contributed by atoms with van der Waals surface area (Å²) in [5, 5.41) is 10.0. The molecule has 1 spiro atoms. The predicted octanol–water partition coefficient (Wildman–Crippen LogP) is 7.57. The smallest absolute Gasteiger partial charge is 0.234 e. The minimum atomic E-state index is -0.754. The molecule has 222 valence electrons. The van der Waals surface area contributed by atoms with Crippen LogP contribution in [-0.2, 0) is 10.3 Å². The second kappa shape index (κ2) is 10.9. The van der Waals surface area contributed by atoms with Crippen molar-refractivity contribution in [3.05, 3.63) is 156 Å². The van der Waals surface area contributed by atoms with Gasteiger partial charge < -0.3 is 10.2 Å². The molecule has 6 aromatic rings. The molecule has 45 heavy (non-hydrogen) atoms. The van der Waals surface area contributed by atoms with Gasteiger partial charge in [0, 0.05) is 29.7 Å². The highest BCUT2D eigenvalue weighted by Gasteiger charge is 2.49. The van der Waals surface area contributed by atoms with Crippen LogP contribution in [0, 0.1) is 12.3 Å². The molecule has 2 fully saturated rings. The average molecular weight is 589 g/mol. The van der Waals surface area contributed by atoms with E-state index in [1.165, 1.54) is 5.56 Å². The van der Waals surface area contributed by atoms with E-state index in [0.29, 0.717) is 0 Å². The van der Waals surface area contributed by atoms with Crippen LogP contribution in [0.1, 0.15) is 35.1 Å². The standard InChI is InChI=1S/C40H36N4O/c1-29-17-19-30(20-18-29)37-35-27-34(43-26-24-39(38(43)45)23-25-41-28-39)21-22-36(35)44(42-37)40(31-11-5-2-6-12-31,32-13-7-3-8-14-32)33-15-9-4-10-16-33/h2-22,27,41H,23-26,28H2,1H3/t39-/m0/s1. The Morgan fingerprint density at radius 1 is 0.733 bits per heavy atom. The molecule has 5 aromatic carbocycles. The lowest BCUT2D eigenvalue weighted by Crippen LogP contribution is -2.38. The molecular formula is C40H36N4O. The van der Waals surface area contributed by atoms with Crippen LogP contribution in [0.5, 0.6) is 0 Å². The lowest BCUT2D eigenvalue weighted by Gasteiger charge is -2.37. The third-order valence-corrected chi connectivity index (χ3v) is 9.95. The van der Waals surface area contributed by atoms with Gasteiger partial charge in [-0.15, -0.1) is 0 Å². The normalized spacial score (nSPS) is 18.3. The van der Waals surface area contributed by atoms with Gasteiger partial charge in [0.1, 0.15) is 11.2 Å². The van der Waals surface area contributed by atoms with Crippen LogP contribution < -0.4 is 10.2 Å². The number of amides is 1. The number of carbonyl (C=O) groups is 1. The molecular weight excluding hydrogens is 552 g/mol. The van der Waals surface area contributed by atoms with Crippen molar-refractivity contribution in [3.8, 4) is 11.3 Å². The molecule has 2 saturated heterocycles. The molecule has 0 unspecified atom stereocenters. The van der Waals surface area contributed by atoms with E-state index >= 15 is 0 Å². The summed E-state index contributed by atoms with van der Waals surface area (Å²) in [5.41, 5.74) is 7.44. The first-order valence-corrected chi connectivity index (χ1v) is 15.9. The summed E-state index contributed by atoms with van der Waals surface area (Å²) in [5.74, 6) is 0.239.